The van der Waals surface area contributed by atoms with Crippen molar-refractivity contribution in [2.75, 3.05) is 6.61 Å². The second-order valence-electron chi connectivity index (χ2n) is 1.22. The van der Waals surface area contributed by atoms with Crippen molar-refractivity contribution in [3.8, 4) is 0 Å². The Morgan fingerprint density at radius 2 is 2.56 bits per heavy atom. The first-order chi connectivity index (χ1) is 4.18. The third-order valence-electron chi connectivity index (χ3n) is 0.522. The van der Waals surface area contributed by atoms with E-state index in [4.69, 9.17) is 0 Å². The molecule has 0 bridgehead atoms. The molecular formula is C5H6BrFO2. The van der Waals surface area contributed by atoms with Crippen molar-refractivity contribution in [3.05, 3.63) is 12.7 Å². The standard InChI is InChI=1S/C5H6BrFO2/c1-2-3-9-5(8)4(6)7/h2,4H,1,3H2. The van der Waals surface area contributed by atoms with E-state index in [1.165, 1.54) is 6.08 Å². The van der Waals surface area contributed by atoms with Gasteiger partial charge in [-0.15, -0.1) is 0 Å². The van der Waals surface area contributed by atoms with E-state index >= 15 is 0 Å². The van der Waals surface area contributed by atoms with Gasteiger partial charge >= 0.3 is 5.97 Å². The van der Waals surface area contributed by atoms with E-state index in [1.54, 1.807) is 0 Å². The molecule has 2 nitrogen and oxygen atoms in total. The first-order valence-electron chi connectivity index (χ1n) is 2.24. The zero-order valence-corrected chi connectivity index (χ0v) is 6.23. The average Bonchev–Trinajstić information content (AvgIpc) is 1.82. The van der Waals surface area contributed by atoms with Crippen LogP contribution in [0, 0.1) is 0 Å². The third-order valence-corrected chi connectivity index (χ3v) is 0.895. The highest BCUT2D eigenvalue weighted by molar-refractivity contribution is 9.09. The number of hydrogen-bond donors (Lipinski definition) is 0. The molecule has 0 spiro atoms. The molecule has 0 aromatic carbocycles. The van der Waals surface area contributed by atoms with Gasteiger partial charge in [-0.05, 0) is 15.9 Å². The van der Waals surface area contributed by atoms with Gasteiger partial charge in [-0.1, -0.05) is 12.7 Å². The Kier molecular flexibility index (Phi) is 4.30. The summed E-state index contributed by atoms with van der Waals surface area (Å²) in [5.41, 5.74) is 0. The normalized spacial score (nSPS) is 12.2. The van der Waals surface area contributed by atoms with E-state index in [2.05, 4.69) is 27.2 Å². The molecule has 0 aliphatic heterocycles. The van der Waals surface area contributed by atoms with E-state index in [0.29, 0.717) is 0 Å². The van der Waals surface area contributed by atoms with Crippen LogP contribution in [0.3, 0.4) is 0 Å². The fourth-order valence-corrected chi connectivity index (χ4v) is 0.336. The van der Waals surface area contributed by atoms with E-state index in [-0.39, 0.29) is 6.61 Å². The van der Waals surface area contributed by atoms with Gasteiger partial charge in [-0.25, -0.2) is 9.18 Å². The summed E-state index contributed by atoms with van der Waals surface area (Å²) in [6.07, 6.45) is 1.37. The van der Waals surface area contributed by atoms with E-state index in [9.17, 15) is 9.18 Å². The number of carbonyl (C=O) groups is 1. The predicted molar refractivity (Wildman–Crippen MR) is 35.0 cm³/mol. The second-order valence-corrected chi connectivity index (χ2v) is 2.02. The molecule has 1 unspecified atom stereocenters. The molecule has 0 amide bonds. The quantitative estimate of drug-likeness (QED) is 0.388. The fourth-order valence-electron chi connectivity index (χ4n) is 0.204. The highest BCUT2D eigenvalue weighted by Gasteiger charge is 2.12. The molecule has 4 heteroatoms. The molecule has 0 aromatic rings. The van der Waals surface area contributed by atoms with Crippen LogP contribution in [0.25, 0.3) is 0 Å². The second kappa shape index (κ2) is 4.49. The molecule has 0 N–H and O–H groups in total. The number of halogens is 2. The molecular weight excluding hydrogens is 191 g/mol. The summed E-state index contributed by atoms with van der Waals surface area (Å²) < 4.78 is 16.1. The molecule has 0 saturated heterocycles. The Labute approximate surface area is 60.8 Å². The van der Waals surface area contributed by atoms with Gasteiger partial charge in [0, 0.05) is 0 Å². The largest absolute Gasteiger partial charge is 0.459 e. The lowest BCUT2D eigenvalue weighted by atomic mass is 10.7. The SMILES string of the molecule is C=CCOC(=O)C(F)Br. The Balaban J connectivity index is 3.38. The number of esters is 1. The predicted octanol–water partition coefficient (Wildman–Crippen LogP) is 1.41. The van der Waals surface area contributed by atoms with Crippen molar-refractivity contribution in [1.82, 2.24) is 0 Å². The van der Waals surface area contributed by atoms with Crippen LogP contribution in [-0.4, -0.2) is 17.7 Å². The third kappa shape index (κ3) is 4.14. The van der Waals surface area contributed by atoms with Crippen LogP contribution in [0.2, 0.25) is 0 Å². The molecule has 0 aromatic heterocycles. The van der Waals surface area contributed by atoms with Crippen LogP contribution in [0.4, 0.5) is 4.39 Å². The summed E-state index contributed by atoms with van der Waals surface area (Å²) in [5.74, 6) is -0.921. The molecule has 9 heavy (non-hydrogen) atoms. The first kappa shape index (κ1) is 8.62. The van der Waals surface area contributed by atoms with Gasteiger partial charge < -0.3 is 4.74 Å². The zero-order chi connectivity index (χ0) is 7.28. The lowest BCUT2D eigenvalue weighted by Gasteiger charge is -1.98. The molecule has 0 fully saturated rings. The number of ether oxygens (including phenoxy) is 1. The maximum atomic E-state index is 11.8. The highest BCUT2D eigenvalue weighted by Crippen LogP contribution is 2.02. The Morgan fingerprint density at radius 1 is 2.00 bits per heavy atom. The molecule has 0 saturated carbocycles. The van der Waals surface area contributed by atoms with Gasteiger partial charge in [0.05, 0.1) is 0 Å². The number of rotatable bonds is 3. The summed E-state index contributed by atoms with van der Waals surface area (Å²) in [7, 11) is 0. The van der Waals surface area contributed by atoms with Crippen LogP contribution >= 0.6 is 15.9 Å². The van der Waals surface area contributed by atoms with Crippen molar-refractivity contribution < 1.29 is 13.9 Å². The van der Waals surface area contributed by atoms with Crippen LogP contribution in [0.5, 0.6) is 0 Å². The Hall–Kier alpha value is -0.380. The molecule has 0 rings (SSSR count). The Morgan fingerprint density at radius 3 is 2.89 bits per heavy atom. The Bertz CT molecular complexity index is 114. The van der Waals surface area contributed by atoms with Crippen molar-refractivity contribution >= 4 is 21.9 Å². The lowest BCUT2D eigenvalue weighted by Crippen LogP contribution is -2.12. The van der Waals surface area contributed by atoms with Gasteiger partial charge in [0.25, 0.3) is 5.08 Å². The minimum absolute atomic E-state index is 0.0465. The molecule has 0 aliphatic rings. The number of hydrogen-bond acceptors (Lipinski definition) is 2. The molecule has 0 aliphatic carbocycles. The first-order valence-corrected chi connectivity index (χ1v) is 3.15. The maximum Gasteiger partial charge on any atom is 0.352 e. The summed E-state index contributed by atoms with van der Waals surface area (Å²) in [6, 6.07) is 0. The van der Waals surface area contributed by atoms with Crippen molar-refractivity contribution in [3.63, 3.8) is 0 Å². The topological polar surface area (TPSA) is 26.3 Å². The van der Waals surface area contributed by atoms with Gasteiger partial charge in [-0.3, -0.25) is 0 Å². The summed E-state index contributed by atoms with van der Waals surface area (Å²) in [5, 5.41) is -1.72. The number of alkyl halides is 2. The molecule has 52 valence electrons. The van der Waals surface area contributed by atoms with E-state index < -0.39 is 11.1 Å². The fraction of sp³-hybridized carbons (Fsp3) is 0.400. The van der Waals surface area contributed by atoms with Gasteiger partial charge in [0.15, 0.2) is 0 Å². The van der Waals surface area contributed by atoms with Gasteiger partial charge in [0.1, 0.15) is 6.61 Å². The van der Waals surface area contributed by atoms with Crippen LogP contribution in [-0.2, 0) is 9.53 Å². The van der Waals surface area contributed by atoms with Crippen molar-refractivity contribution in [1.29, 1.82) is 0 Å². The maximum absolute atomic E-state index is 11.8. The smallest absolute Gasteiger partial charge is 0.352 e. The highest BCUT2D eigenvalue weighted by atomic mass is 79.9. The minimum Gasteiger partial charge on any atom is -0.459 e. The zero-order valence-electron chi connectivity index (χ0n) is 4.64. The molecule has 1 atom stereocenters. The van der Waals surface area contributed by atoms with Crippen molar-refractivity contribution in [2.45, 2.75) is 5.08 Å². The molecule has 0 heterocycles. The molecule has 0 radical (unpaired) electrons. The monoisotopic (exact) mass is 196 g/mol. The van der Waals surface area contributed by atoms with Crippen molar-refractivity contribution in [2.24, 2.45) is 0 Å². The average molecular weight is 197 g/mol. The minimum atomic E-state index is -1.72. The lowest BCUT2D eigenvalue weighted by molar-refractivity contribution is -0.144. The number of carbonyl (C=O) groups excluding carboxylic acids is 1. The summed E-state index contributed by atoms with van der Waals surface area (Å²) in [6.45, 7) is 3.32. The summed E-state index contributed by atoms with van der Waals surface area (Å²) >= 11 is 2.39. The van der Waals surface area contributed by atoms with E-state index in [1.807, 2.05) is 0 Å². The van der Waals surface area contributed by atoms with Gasteiger partial charge in [-0.2, -0.15) is 0 Å². The van der Waals surface area contributed by atoms with Crippen LogP contribution in [0.15, 0.2) is 12.7 Å². The van der Waals surface area contributed by atoms with Crippen LogP contribution < -0.4 is 0 Å². The van der Waals surface area contributed by atoms with Crippen LogP contribution in [0.1, 0.15) is 0 Å². The van der Waals surface area contributed by atoms with E-state index in [0.717, 1.165) is 0 Å². The van der Waals surface area contributed by atoms with Gasteiger partial charge in [0.2, 0.25) is 0 Å². The summed E-state index contributed by atoms with van der Waals surface area (Å²) in [4.78, 5) is 10.2.